The quantitative estimate of drug-likeness (QED) is 0.186. The Morgan fingerprint density at radius 2 is 1.36 bits per heavy atom. The Morgan fingerprint density at radius 1 is 0.821 bits per heavy atom. The fourth-order valence-corrected chi connectivity index (χ4v) is 2.99. The van der Waals surface area contributed by atoms with E-state index in [1.807, 2.05) is 24.3 Å². The topological polar surface area (TPSA) is 47.6 Å². The van der Waals surface area contributed by atoms with Crippen molar-refractivity contribution in [3.63, 3.8) is 0 Å². The summed E-state index contributed by atoms with van der Waals surface area (Å²) >= 11 is 0. The molecule has 0 fully saturated rings. The van der Waals surface area contributed by atoms with E-state index < -0.39 is 0 Å². The third-order valence-electron chi connectivity index (χ3n) is 4.71. The molecule has 0 aliphatic heterocycles. The first-order valence-electron chi connectivity index (χ1n) is 11.0. The van der Waals surface area contributed by atoms with Crippen LogP contribution in [0.2, 0.25) is 0 Å². The number of unbranched alkanes of at least 4 members (excludes halogenated alkanes) is 11. The second-order valence-electron chi connectivity index (χ2n) is 7.16. The van der Waals surface area contributed by atoms with Crippen LogP contribution in [0.15, 0.2) is 24.3 Å². The molecule has 1 rings (SSSR count). The SMILES string of the molecule is CCCCCCCCCCCCCCOc1ccccc1NOC(=O)CC.[NaH]. The van der Waals surface area contributed by atoms with Gasteiger partial charge in [-0.25, -0.2) is 10.3 Å². The molecule has 1 aromatic rings. The number of benzene rings is 1. The first kappa shape index (κ1) is 27.3. The van der Waals surface area contributed by atoms with E-state index >= 15 is 0 Å². The number of ether oxygens (including phenoxy) is 1. The Bertz CT molecular complexity index is 496. The maximum absolute atomic E-state index is 11.3. The van der Waals surface area contributed by atoms with Crippen LogP contribution in [0.3, 0.4) is 0 Å². The summed E-state index contributed by atoms with van der Waals surface area (Å²) < 4.78 is 5.84. The van der Waals surface area contributed by atoms with Gasteiger partial charge < -0.3 is 9.57 Å². The number of hydrogen-bond acceptors (Lipinski definition) is 4. The molecule has 28 heavy (non-hydrogen) atoms. The van der Waals surface area contributed by atoms with E-state index in [1.165, 1.54) is 70.6 Å². The molecule has 0 heterocycles. The van der Waals surface area contributed by atoms with Crippen molar-refractivity contribution < 1.29 is 14.4 Å². The van der Waals surface area contributed by atoms with Gasteiger partial charge in [-0.3, -0.25) is 0 Å². The molecule has 4 nitrogen and oxygen atoms in total. The van der Waals surface area contributed by atoms with Gasteiger partial charge in [-0.15, -0.1) is 0 Å². The molecule has 1 aromatic carbocycles. The van der Waals surface area contributed by atoms with E-state index in [-0.39, 0.29) is 35.5 Å². The summed E-state index contributed by atoms with van der Waals surface area (Å²) in [6, 6.07) is 7.55. The first-order chi connectivity index (χ1) is 13.3. The molecule has 0 saturated carbocycles. The molecule has 5 heteroatoms. The molecule has 0 bridgehead atoms. The normalized spacial score (nSPS) is 10.2. The van der Waals surface area contributed by atoms with Gasteiger partial charge in [0.25, 0.3) is 0 Å². The predicted octanol–water partition coefficient (Wildman–Crippen LogP) is 6.40. The molecular weight excluding hydrogens is 361 g/mol. The van der Waals surface area contributed by atoms with E-state index in [4.69, 9.17) is 9.57 Å². The Hall–Kier alpha value is -0.710. The van der Waals surface area contributed by atoms with Crippen LogP contribution in [-0.2, 0) is 9.63 Å². The summed E-state index contributed by atoms with van der Waals surface area (Å²) in [5, 5.41) is 0. The standard InChI is InChI=1S/C23H39NO3.Na.H/c1-3-5-6-7-8-9-10-11-12-13-14-17-20-26-22-19-16-15-18-21(22)24-27-23(25)4-2;;/h15-16,18-19,24H,3-14,17,20H2,1-2H3;;. The van der Waals surface area contributed by atoms with Crippen molar-refractivity contribution in [2.75, 3.05) is 12.1 Å². The molecule has 0 saturated heterocycles. The molecule has 0 atom stereocenters. The number of rotatable bonds is 17. The van der Waals surface area contributed by atoms with Gasteiger partial charge in [0.1, 0.15) is 11.4 Å². The van der Waals surface area contributed by atoms with Crippen molar-refractivity contribution in [1.29, 1.82) is 0 Å². The number of hydrogen-bond donors (Lipinski definition) is 1. The van der Waals surface area contributed by atoms with Gasteiger partial charge in [0.15, 0.2) is 0 Å². The van der Waals surface area contributed by atoms with Crippen molar-refractivity contribution in [1.82, 2.24) is 0 Å². The fourth-order valence-electron chi connectivity index (χ4n) is 2.99. The Balaban J connectivity index is 0.00000729. The molecule has 0 radical (unpaired) electrons. The second-order valence-corrected chi connectivity index (χ2v) is 7.16. The van der Waals surface area contributed by atoms with Crippen molar-refractivity contribution in [2.45, 2.75) is 97.3 Å². The summed E-state index contributed by atoms with van der Waals surface area (Å²) in [4.78, 5) is 16.2. The van der Waals surface area contributed by atoms with Gasteiger partial charge in [-0.1, -0.05) is 96.6 Å². The maximum atomic E-state index is 11.3. The zero-order valence-electron chi connectivity index (χ0n) is 17.4. The van der Waals surface area contributed by atoms with Gasteiger partial charge in [-0.05, 0) is 18.6 Å². The number of nitrogens with one attached hydrogen (secondary N) is 1. The van der Waals surface area contributed by atoms with Crippen LogP contribution in [0.5, 0.6) is 5.75 Å². The molecule has 0 amide bonds. The molecular formula is C23H40NNaO3. The average molecular weight is 402 g/mol. The van der Waals surface area contributed by atoms with Crippen LogP contribution in [0.4, 0.5) is 5.69 Å². The van der Waals surface area contributed by atoms with E-state index in [0.717, 1.165) is 12.2 Å². The van der Waals surface area contributed by atoms with Crippen LogP contribution in [0.1, 0.15) is 97.3 Å². The van der Waals surface area contributed by atoms with Crippen molar-refractivity contribution >= 4 is 41.2 Å². The van der Waals surface area contributed by atoms with Crippen molar-refractivity contribution in [3.8, 4) is 5.75 Å². The third-order valence-corrected chi connectivity index (χ3v) is 4.71. The van der Waals surface area contributed by atoms with Crippen LogP contribution in [-0.4, -0.2) is 42.1 Å². The minimum absolute atomic E-state index is 0. The van der Waals surface area contributed by atoms with E-state index in [2.05, 4.69) is 12.4 Å². The zero-order chi connectivity index (χ0) is 19.6. The third kappa shape index (κ3) is 14.3. The average Bonchev–Trinajstić information content (AvgIpc) is 2.70. The minimum atomic E-state index is -0.286. The van der Waals surface area contributed by atoms with E-state index in [1.54, 1.807) is 6.92 Å². The summed E-state index contributed by atoms with van der Waals surface area (Å²) in [5.41, 5.74) is 3.38. The number of carbonyl (C=O) groups excluding carboxylic acids is 1. The van der Waals surface area contributed by atoms with Crippen LogP contribution >= 0.6 is 0 Å². The van der Waals surface area contributed by atoms with Crippen LogP contribution in [0.25, 0.3) is 0 Å². The molecule has 0 unspecified atom stereocenters. The van der Waals surface area contributed by atoms with Crippen LogP contribution < -0.4 is 10.2 Å². The molecule has 0 aromatic heterocycles. The van der Waals surface area contributed by atoms with Crippen LogP contribution in [0, 0.1) is 0 Å². The Morgan fingerprint density at radius 3 is 1.93 bits per heavy atom. The predicted molar refractivity (Wildman–Crippen MR) is 120 cm³/mol. The molecule has 156 valence electrons. The summed E-state index contributed by atoms with van der Waals surface area (Å²) in [6.45, 7) is 4.72. The Kier molecular flexibility index (Phi) is 19.1. The monoisotopic (exact) mass is 401 g/mol. The number of carbonyl (C=O) groups is 1. The molecule has 0 aliphatic rings. The fraction of sp³-hybridized carbons (Fsp3) is 0.696. The Labute approximate surface area is 194 Å². The summed E-state index contributed by atoms with van der Waals surface area (Å²) in [6.07, 6.45) is 16.3. The van der Waals surface area contributed by atoms with Gasteiger partial charge in [-0.2, -0.15) is 0 Å². The van der Waals surface area contributed by atoms with E-state index in [0.29, 0.717) is 18.7 Å². The number of para-hydroxylation sites is 2. The molecule has 1 N–H and O–H groups in total. The van der Waals surface area contributed by atoms with Gasteiger partial charge >= 0.3 is 35.5 Å². The number of anilines is 1. The second kappa shape index (κ2) is 19.6. The van der Waals surface area contributed by atoms with Gasteiger partial charge in [0.2, 0.25) is 0 Å². The molecule has 0 spiro atoms. The van der Waals surface area contributed by atoms with Gasteiger partial charge in [0, 0.05) is 6.42 Å². The van der Waals surface area contributed by atoms with Crippen molar-refractivity contribution in [3.05, 3.63) is 24.3 Å². The summed E-state index contributed by atoms with van der Waals surface area (Å²) in [5.74, 6) is 0.440. The molecule has 0 aliphatic carbocycles. The van der Waals surface area contributed by atoms with Gasteiger partial charge in [0.05, 0.1) is 6.61 Å². The first-order valence-corrected chi connectivity index (χ1v) is 11.0. The zero-order valence-corrected chi connectivity index (χ0v) is 17.4. The van der Waals surface area contributed by atoms with E-state index in [9.17, 15) is 4.79 Å². The van der Waals surface area contributed by atoms with Crippen molar-refractivity contribution in [2.24, 2.45) is 0 Å². The summed E-state index contributed by atoms with van der Waals surface area (Å²) in [7, 11) is 0.